The molecular weight excluding hydrogens is 188 g/mol. The van der Waals surface area contributed by atoms with Crippen molar-refractivity contribution in [3.05, 3.63) is 0 Å². The molecule has 2 fully saturated rings. The molecule has 0 unspecified atom stereocenters. The van der Waals surface area contributed by atoms with Gasteiger partial charge >= 0.3 is 6.03 Å². The summed E-state index contributed by atoms with van der Waals surface area (Å²) in [6.07, 6.45) is 0.867. The molecule has 2 N–H and O–H groups in total. The Bertz CT molecular complexity index is 327. The van der Waals surface area contributed by atoms with Gasteiger partial charge in [0.1, 0.15) is 5.54 Å². The van der Waals surface area contributed by atoms with Crippen LogP contribution in [0.1, 0.15) is 19.3 Å². The maximum absolute atomic E-state index is 11.4. The molecule has 1 saturated carbocycles. The first kappa shape index (κ1) is 8.98. The van der Waals surface area contributed by atoms with Gasteiger partial charge in [0.05, 0.1) is 0 Å². The van der Waals surface area contributed by atoms with E-state index in [4.69, 9.17) is 0 Å². The van der Waals surface area contributed by atoms with Crippen LogP contribution in [0.5, 0.6) is 0 Å². The van der Waals surface area contributed by atoms with Crippen molar-refractivity contribution in [3.8, 4) is 0 Å². The van der Waals surface area contributed by atoms with Crippen molar-refractivity contribution >= 4 is 17.9 Å². The number of rotatable bonds is 1. The summed E-state index contributed by atoms with van der Waals surface area (Å²) >= 11 is 0. The topological polar surface area (TPSA) is 98.3 Å². The molecular formula is C8H9N2O4-. The van der Waals surface area contributed by atoms with Crippen molar-refractivity contribution in [2.24, 2.45) is 5.92 Å². The lowest BCUT2D eigenvalue weighted by Crippen LogP contribution is -2.45. The summed E-state index contributed by atoms with van der Waals surface area (Å²) < 4.78 is 0. The molecule has 0 radical (unpaired) electrons. The molecule has 0 bridgehead atoms. The standard InChI is InChI=1S/C8H10N2O4/c11-5(12)4-1-2-8(3-4)6(13)9-7(14)10-8/h4H,1-3H2,(H,11,12)(H2,9,10,13,14)/p-1/t4-,8+/m1/s1. The zero-order chi connectivity index (χ0) is 10.3. The zero-order valence-electron chi connectivity index (χ0n) is 7.33. The Kier molecular flexibility index (Phi) is 1.73. The van der Waals surface area contributed by atoms with Crippen LogP contribution >= 0.6 is 0 Å². The summed E-state index contributed by atoms with van der Waals surface area (Å²) in [5, 5.41) is 15.2. The number of hydrogen-bond acceptors (Lipinski definition) is 4. The van der Waals surface area contributed by atoms with E-state index in [1.807, 2.05) is 0 Å². The number of imide groups is 1. The quantitative estimate of drug-likeness (QED) is 0.480. The molecule has 76 valence electrons. The van der Waals surface area contributed by atoms with Crippen LogP contribution in [0.2, 0.25) is 0 Å². The van der Waals surface area contributed by atoms with E-state index < -0.39 is 29.4 Å². The number of carboxylic acids is 1. The van der Waals surface area contributed by atoms with Crippen molar-refractivity contribution in [3.63, 3.8) is 0 Å². The highest BCUT2D eigenvalue weighted by molar-refractivity contribution is 6.07. The maximum Gasteiger partial charge on any atom is 0.322 e. The molecule has 6 nitrogen and oxygen atoms in total. The smallest absolute Gasteiger partial charge is 0.322 e. The van der Waals surface area contributed by atoms with Gasteiger partial charge < -0.3 is 15.2 Å². The van der Waals surface area contributed by atoms with Crippen LogP contribution in [-0.4, -0.2) is 23.4 Å². The summed E-state index contributed by atoms with van der Waals surface area (Å²) in [5.74, 6) is -2.22. The average molecular weight is 197 g/mol. The molecule has 0 aromatic carbocycles. The normalized spacial score (nSPS) is 35.9. The number of carbonyl (C=O) groups excluding carboxylic acids is 3. The molecule has 2 rings (SSSR count). The summed E-state index contributed by atoms with van der Waals surface area (Å²) in [6.45, 7) is 0. The Morgan fingerprint density at radius 1 is 1.50 bits per heavy atom. The minimum atomic E-state index is -1.16. The molecule has 2 atom stereocenters. The molecule has 3 amide bonds. The van der Waals surface area contributed by atoms with Crippen LogP contribution in [-0.2, 0) is 9.59 Å². The monoisotopic (exact) mass is 197 g/mol. The Labute approximate surface area is 79.7 Å². The van der Waals surface area contributed by atoms with Gasteiger partial charge in [-0.2, -0.15) is 0 Å². The summed E-state index contributed by atoms with van der Waals surface area (Å²) in [7, 11) is 0. The first-order valence-corrected chi connectivity index (χ1v) is 4.38. The highest BCUT2D eigenvalue weighted by Gasteiger charge is 2.51. The Morgan fingerprint density at radius 3 is 2.64 bits per heavy atom. The number of aliphatic carboxylic acids is 1. The van der Waals surface area contributed by atoms with Gasteiger partial charge in [0, 0.05) is 11.9 Å². The fourth-order valence-electron chi connectivity index (χ4n) is 2.09. The third kappa shape index (κ3) is 1.14. The lowest BCUT2D eigenvalue weighted by molar-refractivity contribution is -0.311. The maximum atomic E-state index is 11.4. The number of urea groups is 1. The van der Waals surface area contributed by atoms with E-state index in [2.05, 4.69) is 10.6 Å². The van der Waals surface area contributed by atoms with E-state index >= 15 is 0 Å². The molecule has 1 spiro atoms. The van der Waals surface area contributed by atoms with Gasteiger partial charge in [-0.15, -0.1) is 0 Å². The van der Waals surface area contributed by atoms with Crippen molar-refractivity contribution in [1.29, 1.82) is 0 Å². The highest BCUT2D eigenvalue weighted by atomic mass is 16.4. The van der Waals surface area contributed by atoms with Crippen LogP contribution in [0.4, 0.5) is 4.79 Å². The van der Waals surface area contributed by atoms with E-state index in [0.29, 0.717) is 12.8 Å². The second-order valence-corrected chi connectivity index (χ2v) is 3.75. The van der Waals surface area contributed by atoms with E-state index in [-0.39, 0.29) is 6.42 Å². The Hall–Kier alpha value is -1.59. The average Bonchev–Trinajstić information content (AvgIpc) is 2.59. The van der Waals surface area contributed by atoms with Crippen LogP contribution in [0.15, 0.2) is 0 Å². The van der Waals surface area contributed by atoms with Gasteiger partial charge in [0.25, 0.3) is 5.91 Å². The number of carboxylic acid groups (broad SMARTS) is 1. The second kappa shape index (κ2) is 2.70. The Balaban J connectivity index is 2.17. The third-order valence-electron chi connectivity index (χ3n) is 2.86. The van der Waals surface area contributed by atoms with Gasteiger partial charge in [-0.3, -0.25) is 10.1 Å². The van der Waals surface area contributed by atoms with Gasteiger partial charge in [0.15, 0.2) is 0 Å². The first-order valence-electron chi connectivity index (χ1n) is 4.38. The van der Waals surface area contributed by atoms with E-state index in [9.17, 15) is 19.5 Å². The SMILES string of the molecule is O=C1NC(=O)[C@@]2(CC[C@@H](C(=O)[O-])C2)N1. The molecule has 1 heterocycles. The zero-order valence-corrected chi connectivity index (χ0v) is 7.33. The van der Waals surface area contributed by atoms with Gasteiger partial charge in [-0.25, -0.2) is 4.79 Å². The lowest BCUT2D eigenvalue weighted by Gasteiger charge is -2.19. The molecule has 0 aromatic heterocycles. The van der Waals surface area contributed by atoms with E-state index in [1.165, 1.54) is 0 Å². The largest absolute Gasteiger partial charge is 0.550 e. The van der Waals surface area contributed by atoms with Crippen LogP contribution < -0.4 is 15.7 Å². The van der Waals surface area contributed by atoms with Crippen molar-refractivity contribution in [1.82, 2.24) is 10.6 Å². The van der Waals surface area contributed by atoms with Gasteiger partial charge in [-0.05, 0) is 19.3 Å². The summed E-state index contributed by atoms with van der Waals surface area (Å²) in [4.78, 5) is 32.8. The predicted octanol–water partition coefficient (Wildman–Crippen LogP) is -1.89. The molecule has 1 aliphatic heterocycles. The molecule has 1 saturated heterocycles. The first-order chi connectivity index (χ1) is 6.53. The molecule has 14 heavy (non-hydrogen) atoms. The van der Waals surface area contributed by atoms with Crippen molar-refractivity contribution < 1.29 is 19.5 Å². The highest BCUT2D eigenvalue weighted by Crippen LogP contribution is 2.36. The third-order valence-corrected chi connectivity index (χ3v) is 2.86. The number of nitrogens with one attached hydrogen (secondary N) is 2. The fraction of sp³-hybridized carbons (Fsp3) is 0.625. The van der Waals surface area contributed by atoms with Crippen molar-refractivity contribution in [2.45, 2.75) is 24.8 Å². The Morgan fingerprint density at radius 2 is 2.21 bits per heavy atom. The summed E-state index contributed by atoms with van der Waals surface area (Å²) in [6, 6.07) is -0.547. The van der Waals surface area contributed by atoms with E-state index in [0.717, 1.165) is 0 Å². The number of hydrogen-bond donors (Lipinski definition) is 2. The predicted molar refractivity (Wildman–Crippen MR) is 41.8 cm³/mol. The van der Waals surface area contributed by atoms with Crippen LogP contribution in [0, 0.1) is 5.92 Å². The minimum Gasteiger partial charge on any atom is -0.550 e. The van der Waals surface area contributed by atoms with Crippen LogP contribution in [0.3, 0.4) is 0 Å². The van der Waals surface area contributed by atoms with Gasteiger partial charge in [0.2, 0.25) is 0 Å². The number of carbonyl (C=O) groups is 3. The van der Waals surface area contributed by atoms with E-state index in [1.54, 1.807) is 0 Å². The molecule has 1 aliphatic carbocycles. The number of amides is 3. The lowest BCUT2D eigenvalue weighted by atomic mass is 9.96. The molecule has 0 aromatic rings. The van der Waals surface area contributed by atoms with Gasteiger partial charge in [-0.1, -0.05) is 0 Å². The van der Waals surface area contributed by atoms with Crippen molar-refractivity contribution in [2.75, 3.05) is 0 Å². The molecule has 6 heteroatoms. The molecule has 2 aliphatic rings. The minimum absolute atomic E-state index is 0.132. The van der Waals surface area contributed by atoms with Crippen LogP contribution in [0.25, 0.3) is 0 Å². The summed E-state index contributed by atoms with van der Waals surface area (Å²) in [5.41, 5.74) is -0.998. The fourth-order valence-corrected chi connectivity index (χ4v) is 2.09. The second-order valence-electron chi connectivity index (χ2n) is 3.75.